The van der Waals surface area contributed by atoms with Gasteiger partial charge in [-0.25, -0.2) is 0 Å². The molecule has 0 spiro atoms. The van der Waals surface area contributed by atoms with Gasteiger partial charge in [-0.1, -0.05) is 25.6 Å². The molecule has 0 aliphatic carbocycles. The molecule has 1 aliphatic heterocycles. The molecular weight excluding hydrogens is 436 g/mol. The van der Waals surface area contributed by atoms with Gasteiger partial charge >= 0.3 is 0 Å². The molecular formula is C20H28N6O5S. The number of benzene rings is 1. The lowest BCUT2D eigenvalue weighted by molar-refractivity contribution is -0.384. The third kappa shape index (κ3) is 5.68. The Hall–Kier alpha value is -2.86. The summed E-state index contributed by atoms with van der Waals surface area (Å²) in [5.41, 5.74) is 0.116. The summed E-state index contributed by atoms with van der Waals surface area (Å²) in [6.45, 7) is 9.46. The third-order valence-corrected chi connectivity index (χ3v) is 5.92. The molecule has 1 aliphatic rings. The van der Waals surface area contributed by atoms with Gasteiger partial charge in [0.1, 0.15) is 5.75 Å². The fourth-order valence-corrected chi connectivity index (χ4v) is 4.10. The standard InChI is InChI=1S/C20H28N6O5S/c1-13(2)12-25-19(24-7-9-31-10-8-24)22-23-20(25)32-14(3)18(27)21-16-11-15(26(28)29)5-6-17(16)30-4/h5-6,11,13-14H,7-10,12H2,1-4H3,(H,21,27). The van der Waals surface area contributed by atoms with E-state index >= 15 is 0 Å². The third-order valence-electron chi connectivity index (χ3n) is 4.84. The quantitative estimate of drug-likeness (QED) is 0.339. The largest absolute Gasteiger partial charge is 0.495 e. The second-order valence-corrected chi connectivity index (χ2v) is 9.09. The van der Waals surface area contributed by atoms with Gasteiger partial charge in [0.05, 0.1) is 36.2 Å². The summed E-state index contributed by atoms with van der Waals surface area (Å²) in [7, 11) is 1.44. The maximum atomic E-state index is 12.9. The second-order valence-electron chi connectivity index (χ2n) is 7.78. The van der Waals surface area contributed by atoms with Crippen molar-refractivity contribution in [2.45, 2.75) is 37.7 Å². The molecule has 1 aromatic heterocycles. The lowest BCUT2D eigenvalue weighted by Crippen LogP contribution is -2.38. The van der Waals surface area contributed by atoms with Crippen LogP contribution in [0, 0.1) is 16.0 Å². The van der Waals surface area contributed by atoms with Crippen LogP contribution in [0.25, 0.3) is 0 Å². The molecule has 12 heteroatoms. The Morgan fingerprint density at radius 2 is 2.03 bits per heavy atom. The van der Waals surface area contributed by atoms with Crippen LogP contribution in [-0.4, -0.2) is 64.3 Å². The minimum Gasteiger partial charge on any atom is -0.495 e. The highest BCUT2D eigenvalue weighted by Crippen LogP contribution is 2.31. The van der Waals surface area contributed by atoms with Gasteiger partial charge in [0, 0.05) is 31.8 Å². The molecule has 32 heavy (non-hydrogen) atoms. The summed E-state index contributed by atoms with van der Waals surface area (Å²) >= 11 is 1.29. The zero-order chi connectivity index (χ0) is 23.3. The summed E-state index contributed by atoms with van der Waals surface area (Å²) in [5, 5.41) is 22.7. The molecule has 0 radical (unpaired) electrons. The van der Waals surface area contributed by atoms with Crippen molar-refractivity contribution < 1.29 is 19.2 Å². The van der Waals surface area contributed by atoms with Gasteiger partial charge in [-0.3, -0.25) is 19.5 Å². The van der Waals surface area contributed by atoms with E-state index < -0.39 is 10.2 Å². The normalized spacial score (nSPS) is 15.0. The van der Waals surface area contributed by atoms with Crippen LogP contribution in [0.15, 0.2) is 23.4 Å². The molecule has 1 unspecified atom stereocenters. The van der Waals surface area contributed by atoms with E-state index in [0.29, 0.717) is 30.0 Å². The number of nitrogens with zero attached hydrogens (tertiary/aromatic N) is 5. The molecule has 174 valence electrons. The zero-order valence-corrected chi connectivity index (χ0v) is 19.4. The first kappa shape index (κ1) is 23.8. The topological polar surface area (TPSA) is 125 Å². The van der Waals surface area contributed by atoms with Crippen LogP contribution in [0.1, 0.15) is 20.8 Å². The number of carbonyl (C=O) groups excluding carboxylic acids is 1. The van der Waals surface area contributed by atoms with E-state index in [0.717, 1.165) is 25.6 Å². The average Bonchev–Trinajstić information content (AvgIpc) is 3.15. The second kappa shape index (κ2) is 10.6. The minimum atomic E-state index is -0.522. The summed E-state index contributed by atoms with van der Waals surface area (Å²) in [5.74, 6) is 1.17. The first-order valence-electron chi connectivity index (χ1n) is 10.4. The van der Waals surface area contributed by atoms with Gasteiger partial charge in [0.15, 0.2) is 5.16 Å². The predicted octanol–water partition coefficient (Wildman–Crippen LogP) is 2.81. The SMILES string of the molecule is COc1ccc([N+](=O)[O-])cc1NC(=O)C(C)Sc1nnc(N2CCOCC2)n1CC(C)C. The monoisotopic (exact) mass is 464 g/mol. The van der Waals surface area contributed by atoms with E-state index in [2.05, 4.69) is 34.3 Å². The Kier molecular flexibility index (Phi) is 7.91. The molecule has 1 fully saturated rings. The Labute approximate surface area is 190 Å². The number of nitro benzene ring substituents is 1. The number of morpholine rings is 1. The number of hydrogen-bond acceptors (Lipinski definition) is 9. The molecule has 0 bridgehead atoms. The van der Waals surface area contributed by atoms with Gasteiger partial charge in [0.25, 0.3) is 5.69 Å². The Balaban J connectivity index is 1.77. The highest BCUT2D eigenvalue weighted by molar-refractivity contribution is 8.00. The van der Waals surface area contributed by atoms with E-state index in [-0.39, 0.29) is 17.3 Å². The number of hydrogen-bond donors (Lipinski definition) is 1. The van der Waals surface area contributed by atoms with Gasteiger partial charge in [-0.05, 0) is 18.9 Å². The number of rotatable bonds is 9. The van der Waals surface area contributed by atoms with E-state index in [9.17, 15) is 14.9 Å². The number of thioether (sulfide) groups is 1. The van der Waals surface area contributed by atoms with Crippen LogP contribution in [0.5, 0.6) is 5.75 Å². The van der Waals surface area contributed by atoms with Crippen LogP contribution in [-0.2, 0) is 16.1 Å². The molecule has 2 heterocycles. The van der Waals surface area contributed by atoms with Crippen molar-refractivity contribution in [1.29, 1.82) is 0 Å². The van der Waals surface area contributed by atoms with E-state index in [1.54, 1.807) is 6.92 Å². The van der Waals surface area contributed by atoms with Gasteiger partial charge in [0.2, 0.25) is 11.9 Å². The van der Waals surface area contributed by atoms with Crippen LogP contribution < -0.4 is 15.0 Å². The zero-order valence-electron chi connectivity index (χ0n) is 18.6. The molecule has 0 saturated carbocycles. The predicted molar refractivity (Wildman–Crippen MR) is 121 cm³/mol. The lowest BCUT2D eigenvalue weighted by atomic mass is 10.2. The van der Waals surface area contributed by atoms with Crippen molar-refractivity contribution in [3.63, 3.8) is 0 Å². The smallest absolute Gasteiger partial charge is 0.271 e. The number of nitro groups is 1. The highest BCUT2D eigenvalue weighted by atomic mass is 32.2. The van der Waals surface area contributed by atoms with Crippen molar-refractivity contribution in [2.24, 2.45) is 5.92 Å². The van der Waals surface area contributed by atoms with Crippen molar-refractivity contribution in [1.82, 2.24) is 14.8 Å². The molecule has 2 aromatic rings. The number of ether oxygens (including phenoxy) is 2. The first-order chi connectivity index (χ1) is 15.3. The molecule has 1 aromatic carbocycles. The number of methoxy groups -OCH3 is 1. The lowest BCUT2D eigenvalue weighted by Gasteiger charge is -2.28. The molecule has 11 nitrogen and oxygen atoms in total. The Morgan fingerprint density at radius 3 is 2.66 bits per heavy atom. The molecule has 1 saturated heterocycles. The minimum absolute atomic E-state index is 0.131. The average molecular weight is 465 g/mol. The van der Waals surface area contributed by atoms with Crippen LogP contribution in [0.4, 0.5) is 17.3 Å². The van der Waals surface area contributed by atoms with Crippen LogP contribution >= 0.6 is 11.8 Å². The van der Waals surface area contributed by atoms with Crippen molar-refractivity contribution in [3.8, 4) is 5.75 Å². The maximum absolute atomic E-state index is 12.9. The highest BCUT2D eigenvalue weighted by Gasteiger charge is 2.25. The Morgan fingerprint density at radius 1 is 1.31 bits per heavy atom. The molecule has 1 amide bonds. The Bertz CT molecular complexity index is 960. The number of non-ortho nitro benzene ring substituents is 1. The van der Waals surface area contributed by atoms with E-state index in [1.807, 2.05) is 4.57 Å². The number of nitrogens with one attached hydrogen (secondary N) is 1. The van der Waals surface area contributed by atoms with Gasteiger partial charge in [-0.2, -0.15) is 0 Å². The van der Waals surface area contributed by atoms with Crippen molar-refractivity contribution >= 4 is 35.0 Å². The summed E-state index contributed by atoms with van der Waals surface area (Å²) in [6.07, 6.45) is 0. The fourth-order valence-electron chi connectivity index (χ4n) is 3.24. The van der Waals surface area contributed by atoms with E-state index in [1.165, 1.54) is 37.1 Å². The first-order valence-corrected chi connectivity index (χ1v) is 11.2. The summed E-state index contributed by atoms with van der Waals surface area (Å²) < 4.78 is 12.7. The van der Waals surface area contributed by atoms with Gasteiger partial charge < -0.3 is 19.7 Å². The summed E-state index contributed by atoms with van der Waals surface area (Å²) in [4.78, 5) is 25.6. The van der Waals surface area contributed by atoms with Crippen molar-refractivity contribution in [3.05, 3.63) is 28.3 Å². The fraction of sp³-hybridized carbons (Fsp3) is 0.550. The van der Waals surface area contributed by atoms with Gasteiger partial charge in [-0.15, -0.1) is 10.2 Å². The van der Waals surface area contributed by atoms with Crippen LogP contribution in [0.2, 0.25) is 0 Å². The number of aromatic nitrogens is 3. The molecule has 1 atom stereocenters. The van der Waals surface area contributed by atoms with E-state index in [4.69, 9.17) is 9.47 Å². The van der Waals surface area contributed by atoms with Crippen molar-refractivity contribution in [2.75, 3.05) is 43.6 Å². The summed E-state index contributed by atoms with van der Waals surface area (Å²) in [6, 6.07) is 4.07. The number of carbonyl (C=O) groups is 1. The molecule has 3 rings (SSSR count). The van der Waals surface area contributed by atoms with Crippen LogP contribution in [0.3, 0.4) is 0 Å². The maximum Gasteiger partial charge on any atom is 0.271 e. The number of amides is 1. The molecule has 1 N–H and O–H groups in total. The number of anilines is 2.